The zero-order chi connectivity index (χ0) is 9.84. The molecular weight excluding hydrogens is 168 g/mol. The van der Waals surface area contributed by atoms with Crippen LogP contribution >= 0.6 is 0 Å². The van der Waals surface area contributed by atoms with E-state index < -0.39 is 6.04 Å². The van der Waals surface area contributed by atoms with Gasteiger partial charge in [-0.05, 0) is 13.3 Å². The molecule has 4 nitrogen and oxygen atoms in total. The molecule has 0 aliphatic carbocycles. The van der Waals surface area contributed by atoms with E-state index in [-0.39, 0.29) is 11.7 Å². The minimum absolute atomic E-state index is 0.124. The Balaban J connectivity index is 2.67. The van der Waals surface area contributed by atoms with Crippen LogP contribution in [0.15, 0.2) is 10.6 Å². The third-order valence-electron chi connectivity index (χ3n) is 1.77. The predicted octanol–water partition coefficient (Wildman–Crippen LogP) is 1.29. The van der Waals surface area contributed by atoms with E-state index >= 15 is 0 Å². The molecule has 13 heavy (non-hydrogen) atoms. The van der Waals surface area contributed by atoms with E-state index in [0.29, 0.717) is 12.2 Å². The number of nitrogens with two attached hydrogens (primary N) is 1. The number of hydrogen-bond acceptors (Lipinski definition) is 4. The van der Waals surface area contributed by atoms with Crippen LogP contribution in [0.3, 0.4) is 0 Å². The summed E-state index contributed by atoms with van der Waals surface area (Å²) in [4.78, 5) is 15.3. The molecule has 0 spiro atoms. The summed E-state index contributed by atoms with van der Waals surface area (Å²) in [7, 11) is 0. The van der Waals surface area contributed by atoms with Gasteiger partial charge in [0.15, 0.2) is 0 Å². The van der Waals surface area contributed by atoms with Gasteiger partial charge in [0.2, 0.25) is 5.78 Å². The van der Waals surface area contributed by atoms with Gasteiger partial charge < -0.3 is 10.2 Å². The summed E-state index contributed by atoms with van der Waals surface area (Å²) in [5, 5.41) is 0. The number of hydrogen-bond donors (Lipinski definition) is 1. The largest absolute Gasteiger partial charge is 0.439 e. The summed E-state index contributed by atoms with van der Waals surface area (Å²) >= 11 is 0. The quantitative estimate of drug-likeness (QED) is 0.712. The van der Waals surface area contributed by atoms with Crippen molar-refractivity contribution in [2.24, 2.45) is 5.73 Å². The summed E-state index contributed by atoms with van der Waals surface area (Å²) < 4.78 is 5.07. The summed E-state index contributed by atoms with van der Waals surface area (Å²) in [6.45, 7) is 3.73. The van der Waals surface area contributed by atoms with E-state index in [0.717, 1.165) is 6.42 Å². The standard InChI is InChI=1S/C9H14N2O2/c1-3-4-7(10)8(12)9-11-5-6(2)13-9/h5,7H,3-4,10H2,1-2H3. The average molecular weight is 182 g/mol. The van der Waals surface area contributed by atoms with Crippen LogP contribution in [-0.2, 0) is 0 Å². The molecule has 0 saturated carbocycles. The van der Waals surface area contributed by atoms with Crippen molar-refractivity contribution in [2.75, 3.05) is 0 Å². The van der Waals surface area contributed by atoms with Crippen LogP contribution < -0.4 is 5.73 Å². The lowest BCUT2D eigenvalue weighted by molar-refractivity contribution is 0.0921. The summed E-state index contributed by atoms with van der Waals surface area (Å²) in [5.41, 5.74) is 5.62. The zero-order valence-electron chi connectivity index (χ0n) is 7.91. The van der Waals surface area contributed by atoms with Crippen LogP contribution in [0.1, 0.15) is 36.2 Å². The van der Waals surface area contributed by atoms with Crippen LogP contribution in [0.25, 0.3) is 0 Å². The molecule has 1 rings (SSSR count). The Kier molecular flexibility index (Phi) is 3.19. The molecule has 2 N–H and O–H groups in total. The zero-order valence-corrected chi connectivity index (χ0v) is 7.91. The Morgan fingerprint density at radius 3 is 2.92 bits per heavy atom. The molecule has 0 saturated heterocycles. The normalized spacial score (nSPS) is 12.8. The molecule has 0 bridgehead atoms. The summed E-state index contributed by atoms with van der Waals surface area (Å²) in [5.74, 6) is 0.542. The second-order valence-corrected chi connectivity index (χ2v) is 3.04. The van der Waals surface area contributed by atoms with Gasteiger partial charge in [-0.15, -0.1) is 0 Å². The molecule has 0 fully saturated rings. The first-order valence-corrected chi connectivity index (χ1v) is 4.37. The molecule has 0 aromatic carbocycles. The van der Waals surface area contributed by atoms with Crippen molar-refractivity contribution < 1.29 is 9.21 Å². The number of carbonyl (C=O) groups is 1. The fourth-order valence-electron chi connectivity index (χ4n) is 1.07. The number of carbonyl (C=O) groups excluding carboxylic acids is 1. The maximum Gasteiger partial charge on any atom is 0.265 e. The lowest BCUT2D eigenvalue weighted by Gasteiger charge is -2.04. The number of oxazole rings is 1. The van der Waals surface area contributed by atoms with Gasteiger partial charge in [0.1, 0.15) is 5.76 Å². The molecule has 1 heterocycles. The van der Waals surface area contributed by atoms with E-state index in [1.165, 1.54) is 6.20 Å². The van der Waals surface area contributed by atoms with E-state index in [1.54, 1.807) is 6.92 Å². The van der Waals surface area contributed by atoms with Gasteiger partial charge in [-0.3, -0.25) is 4.79 Å². The minimum atomic E-state index is -0.483. The number of nitrogens with zero attached hydrogens (tertiary/aromatic N) is 1. The molecule has 4 heteroatoms. The number of aromatic nitrogens is 1. The highest BCUT2D eigenvalue weighted by Crippen LogP contribution is 2.06. The van der Waals surface area contributed by atoms with Crippen molar-refractivity contribution in [1.82, 2.24) is 4.98 Å². The Labute approximate surface area is 77.1 Å². The van der Waals surface area contributed by atoms with Crippen LogP contribution in [0.4, 0.5) is 0 Å². The first-order valence-electron chi connectivity index (χ1n) is 4.37. The second-order valence-electron chi connectivity index (χ2n) is 3.04. The highest BCUT2D eigenvalue weighted by atomic mass is 16.4. The lowest BCUT2D eigenvalue weighted by Crippen LogP contribution is -2.30. The smallest absolute Gasteiger partial charge is 0.265 e. The monoisotopic (exact) mass is 182 g/mol. The third-order valence-corrected chi connectivity index (χ3v) is 1.77. The Morgan fingerprint density at radius 1 is 1.77 bits per heavy atom. The molecule has 0 aliphatic heterocycles. The summed E-state index contributed by atoms with van der Waals surface area (Å²) in [6.07, 6.45) is 3.07. The Morgan fingerprint density at radius 2 is 2.46 bits per heavy atom. The number of aryl methyl sites for hydroxylation is 1. The number of ketones is 1. The topological polar surface area (TPSA) is 69.1 Å². The average Bonchev–Trinajstić information content (AvgIpc) is 2.51. The van der Waals surface area contributed by atoms with Gasteiger partial charge in [-0.25, -0.2) is 4.98 Å². The fourth-order valence-corrected chi connectivity index (χ4v) is 1.07. The first kappa shape index (κ1) is 9.92. The van der Waals surface area contributed by atoms with Crippen LogP contribution in [0, 0.1) is 6.92 Å². The molecule has 1 aromatic rings. The number of Topliss-reactive ketones (excluding diaryl/α,β-unsaturated/α-hetero) is 1. The van der Waals surface area contributed by atoms with E-state index in [2.05, 4.69) is 4.98 Å². The van der Waals surface area contributed by atoms with Crippen LogP contribution in [0.5, 0.6) is 0 Å². The fraction of sp³-hybridized carbons (Fsp3) is 0.556. The number of rotatable bonds is 4. The van der Waals surface area contributed by atoms with Gasteiger partial charge >= 0.3 is 0 Å². The van der Waals surface area contributed by atoms with Crippen LogP contribution in [-0.4, -0.2) is 16.8 Å². The van der Waals surface area contributed by atoms with Gasteiger partial charge in [-0.1, -0.05) is 13.3 Å². The van der Waals surface area contributed by atoms with Crippen molar-refractivity contribution in [1.29, 1.82) is 0 Å². The van der Waals surface area contributed by atoms with E-state index in [1.807, 2.05) is 6.92 Å². The molecule has 1 atom stereocenters. The minimum Gasteiger partial charge on any atom is -0.439 e. The highest BCUT2D eigenvalue weighted by molar-refractivity contribution is 5.95. The molecule has 1 unspecified atom stereocenters. The lowest BCUT2D eigenvalue weighted by atomic mass is 10.1. The maximum absolute atomic E-state index is 11.5. The van der Waals surface area contributed by atoms with Crippen molar-refractivity contribution in [3.8, 4) is 0 Å². The maximum atomic E-state index is 11.5. The van der Waals surface area contributed by atoms with Crippen molar-refractivity contribution in [2.45, 2.75) is 32.7 Å². The van der Waals surface area contributed by atoms with Crippen molar-refractivity contribution in [3.05, 3.63) is 17.8 Å². The predicted molar refractivity (Wildman–Crippen MR) is 48.5 cm³/mol. The van der Waals surface area contributed by atoms with Gasteiger partial charge in [-0.2, -0.15) is 0 Å². The molecule has 72 valence electrons. The highest BCUT2D eigenvalue weighted by Gasteiger charge is 2.19. The SMILES string of the molecule is CCCC(N)C(=O)c1ncc(C)o1. The summed E-state index contributed by atoms with van der Waals surface area (Å²) in [6, 6.07) is -0.483. The van der Waals surface area contributed by atoms with Crippen molar-refractivity contribution >= 4 is 5.78 Å². The van der Waals surface area contributed by atoms with Crippen LogP contribution in [0.2, 0.25) is 0 Å². The molecule has 0 amide bonds. The van der Waals surface area contributed by atoms with Gasteiger partial charge in [0.25, 0.3) is 5.89 Å². The Hall–Kier alpha value is -1.16. The molecule has 1 aromatic heterocycles. The van der Waals surface area contributed by atoms with E-state index in [4.69, 9.17) is 10.2 Å². The van der Waals surface area contributed by atoms with E-state index in [9.17, 15) is 4.79 Å². The Bertz CT molecular complexity index is 294. The molecule has 0 radical (unpaired) electrons. The second kappa shape index (κ2) is 4.18. The molecular formula is C9H14N2O2. The van der Waals surface area contributed by atoms with Crippen molar-refractivity contribution in [3.63, 3.8) is 0 Å². The molecule has 0 aliphatic rings. The first-order chi connectivity index (χ1) is 6.15. The van der Waals surface area contributed by atoms with Gasteiger partial charge in [0.05, 0.1) is 12.2 Å². The third kappa shape index (κ3) is 2.39. The van der Waals surface area contributed by atoms with Gasteiger partial charge in [0, 0.05) is 0 Å².